The minimum Gasteiger partial charge on any atom is -0.368 e. The van der Waals surface area contributed by atoms with Crippen LogP contribution in [0.5, 0.6) is 0 Å². The van der Waals surface area contributed by atoms with Crippen LogP contribution in [0.3, 0.4) is 0 Å². The number of nitrogens with zero attached hydrogens (tertiary/aromatic N) is 4. The van der Waals surface area contributed by atoms with Crippen molar-refractivity contribution in [3.05, 3.63) is 18.0 Å². The first-order valence-corrected chi connectivity index (χ1v) is 9.26. The van der Waals surface area contributed by atoms with E-state index in [1.54, 1.807) is 0 Å². The summed E-state index contributed by atoms with van der Waals surface area (Å²) in [7, 11) is 2.00. The number of nitrogens with one attached hydrogen (secondary N) is 1. The second-order valence-corrected chi connectivity index (χ2v) is 7.53. The van der Waals surface area contributed by atoms with Crippen molar-refractivity contribution in [2.75, 3.05) is 11.1 Å². The Bertz CT molecular complexity index is 742. The first kappa shape index (κ1) is 16.3. The van der Waals surface area contributed by atoms with Crippen molar-refractivity contribution in [1.29, 1.82) is 0 Å². The number of aryl methyl sites for hydroxylation is 1. The zero-order valence-corrected chi connectivity index (χ0v) is 14.8. The highest BCUT2D eigenvalue weighted by Gasteiger charge is 2.26. The molecule has 134 valence electrons. The summed E-state index contributed by atoms with van der Waals surface area (Å²) >= 11 is 0. The third-order valence-corrected chi connectivity index (χ3v) is 5.38. The number of aromatic nitrogens is 4. The summed E-state index contributed by atoms with van der Waals surface area (Å²) in [6, 6.07) is 2.74. The molecule has 7 heteroatoms. The monoisotopic (exact) mass is 341 g/mol. The van der Waals surface area contributed by atoms with Gasteiger partial charge in [0.05, 0.1) is 11.9 Å². The third-order valence-electron chi connectivity index (χ3n) is 5.38. The number of nitrogens with two attached hydrogens (primary N) is 2. The Morgan fingerprint density at radius 2 is 1.92 bits per heavy atom. The van der Waals surface area contributed by atoms with Crippen LogP contribution >= 0.6 is 0 Å². The maximum atomic E-state index is 6.00. The third kappa shape index (κ3) is 3.76. The standard InChI is InChI=1S/C18H27N7/c1-25-16(8-11-2-3-11)14(10-21-25)15-9-17(24-18(20)23-15)22-13-6-4-12(19)5-7-13/h9-13H,2-8,19H2,1H3,(H3,20,22,23,24)/t12-,13-. The van der Waals surface area contributed by atoms with Crippen LogP contribution in [0.15, 0.2) is 12.3 Å². The van der Waals surface area contributed by atoms with Crippen LogP contribution in [0.2, 0.25) is 0 Å². The van der Waals surface area contributed by atoms with Gasteiger partial charge in [0.25, 0.3) is 0 Å². The van der Waals surface area contributed by atoms with Crippen molar-refractivity contribution in [3.63, 3.8) is 0 Å². The lowest BCUT2D eigenvalue weighted by molar-refractivity contribution is 0.410. The number of hydrogen-bond donors (Lipinski definition) is 3. The largest absolute Gasteiger partial charge is 0.368 e. The molecule has 2 aromatic rings. The van der Waals surface area contributed by atoms with Gasteiger partial charge >= 0.3 is 0 Å². The molecule has 0 bridgehead atoms. The van der Waals surface area contributed by atoms with E-state index in [4.69, 9.17) is 11.5 Å². The molecule has 0 atom stereocenters. The van der Waals surface area contributed by atoms with Crippen LogP contribution in [0.1, 0.15) is 44.2 Å². The number of anilines is 2. The molecule has 7 nitrogen and oxygen atoms in total. The van der Waals surface area contributed by atoms with Crippen LogP contribution in [0.4, 0.5) is 11.8 Å². The Kier molecular flexibility index (Phi) is 4.33. The highest BCUT2D eigenvalue weighted by Crippen LogP contribution is 2.35. The summed E-state index contributed by atoms with van der Waals surface area (Å²) < 4.78 is 1.96. The van der Waals surface area contributed by atoms with Gasteiger partial charge in [-0.25, -0.2) is 4.98 Å². The zero-order chi connectivity index (χ0) is 17.4. The molecular formula is C18H27N7. The highest BCUT2D eigenvalue weighted by molar-refractivity contribution is 5.66. The molecule has 25 heavy (non-hydrogen) atoms. The van der Waals surface area contributed by atoms with Gasteiger partial charge in [0.15, 0.2) is 0 Å². The Hall–Kier alpha value is -2.15. The van der Waals surface area contributed by atoms with Gasteiger partial charge in [-0.2, -0.15) is 10.1 Å². The molecule has 2 heterocycles. The van der Waals surface area contributed by atoms with Crippen LogP contribution in [0, 0.1) is 5.92 Å². The van der Waals surface area contributed by atoms with Crippen molar-refractivity contribution in [1.82, 2.24) is 19.7 Å². The Balaban J connectivity index is 1.57. The van der Waals surface area contributed by atoms with Crippen molar-refractivity contribution in [2.45, 2.75) is 57.0 Å². The molecule has 0 amide bonds. The molecule has 0 saturated heterocycles. The lowest BCUT2D eigenvalue weighted by atomic mass is 9.92. The maximum absolute atomic E-state index is 6.00. The molecule has 5 N–H and O–H groups in total. The van der Waals surface area contributed by atoms with E-state index >= 15 is 0 Å². The molecule has 2 fully saturated rings. The van der Waals surface area contributed by atoms with E-state index in [2.05, 4.69) is 20.4 Å². The molecule has 0 aromatic carbocycles. The molecule has 4 rings (SSSR count). The topological polar surface area (TPSA) is 108 Å². The molecule has 2 aliphatic rings. The highest BCUT2D eigenvalue weighted by atomic mass is 15.3. The van der Waals surface area contributed by atoms with Gasteiger partial charge < -0.3 is 16.8 Å². The predicted octanol–water partition coefficient (Wildman–Crippen LogP) is 2.09. The van der Waals surface area contributed by atoms with Crippen LogP contribution in [0.25, 0.3) is 11.3 Å². The maximum Gasteiger partial charge on any atom is 0.222 e. The van der Waals surface area contributed by atoms with Gasteiger partial charge in [-0.15, -0.1) is 0 Å². The quantitative estimate of drug-likeness (QED) is 0.768. The number of nitrogen functional groups attached to an aromatic ring is 1. The molecule has 0 spiro atoms. The van der Waals surface area contributed by atoms with Crippen LogP contribution in [-0.4, -0.2) is 31.8 Å². The average Bonchev–Trinajstić information content (AvgIpc) is 3.32. The SMILES string of the molecule is Cn1ncc(-c2cc(N[C@H]3CC[C@H](N)CC3)nc(N)n2)c1CC1CC1. The van der Waals surface area contributed by atoms with E-state index in [9.17, 15) is 0 Å². The Morgan fingerprint density at radius 3 is 2.64 bits per heavy atom. The van der Waals surface area contributed by atoms with Crippen molar-refractivity contribution < 1.29 is 0 Å². The second-order valence-electron chi connectivity index (χ2n) is 7.53. The Labute approximate surface area is 148 Å². The van der Waals surface area contributed by atoms with Crippen LogP contribution < -0.4 is 16.8 Å². The summed E-state index contributed by atoms with van der Waals surface area (Å²) in [4.78, 5) is 8.84. The van der Waals surface area contributed by atoms with Gasteiger partial charge in [-0.05, 0) is 50.9 Å². The van der Waals surface area contributed by atoms with Gasteiger partial charge in [0, 0.05) is 36.5 Å². The normalized spacial score (nSPS) is 23.6. The fourth-order valence-electron chi connectivity index (χ4n) is 3.66. The molecule has 2 aromatic heterocycles. The van der Waals surface area contributed by atoms with E-state index in [0.717, 1.165) is 55.1 Å². The first-order valence-electron chi connectivity index (χ1n) is 9.26. The van der Waals surface area contributed by atoms with Gasteiger partial charge in [0.2, 0.25) is 5.95 Å². The van der Waals surface area contributed by atoms with E-state index in [0.29, 0.717) is 18.0 Å². The number of rotatable bonds is 5. The summed E-state index contributed by atoms with van der Waals surface area (Å²) in [5.41, 5.74) is 15.1. The van der Waals surface area contributed by atoms with Crippen molar-refractivity contribution in [2.24, 2.45) is 18.7 Å². The van der Waals surface area contributed by atoms with Crippen molar-refractivity contribution in [3.8, 4) is 11.3 Å². The molecule has 0 radical (unpaired) electrons. The summed E-state index contributed by atoms with van der Waals surface area (Å²) in [6.07, 6.45) is 9.82. The van der Waals surface area contributed by atoms with E-state index in [1.165, 1.54) is 18.5 Å². The van der Waals surface area contributed by atoms with Crippen LogP contribution in [-0.2, 0) is 13.5 Å². The minimum absolute atomic E-state index is 0.300. The smallest absolute Gasteiger partial charge is 0.222 e. The average molecular weight is 341 g/mol. The lowest BCUT2D eigenvalue weighted by Gasteiger charge is -2.27. The summed E-state index contributed by atoms with van der Waals surface area (Å²) in [5.74, 6) is 1.88. The molecular weight excluding hydrogens is 314 g/mol. The van der Waals surface area contributed by atoms with E-state index in [-0.39, 0.29) is 0 Å². The molecule has 0 unspecified atom stereocenters. The fourth-order valence-corrected chi connectivity index (χ4v) is 3.66. The fraction of sp³-hybridized carbons (Fsp3) is 0.611. The van der Waals surface area contributed by atoms with Crippen molar-refractivity contribution >= 4 is 11.8 Å². The van der Waals surface area contributed by atoms with Gasteiger partial charge in [-0.3, -0.25) is 4.68 Å². The predicted molar refractivity (Wildman–Crippen MR) is 98.9 cm³/mol. The zero-order valence-electron chi connectivity index (χ0n) is 14.8. The minimum atomic E-state index is 0.300. The van der Waals surface area contributed by atoms with Gasteiger partial charge in [-0.1, -0.05) is 0 Å². The lowest BCUT2D eigenvalue weighted by Crippen LogP contribution is -2.33. The molecule has 0 aliphatic heterocycles. The molecule has 2 saturated carbocycles. The number of hydrogen-bond acceptors (Lipinski definition) is 6. The Morgan fingerprint density at radius 1 is 1.16 bits per heavy atom. The summed E-state index contributed by atoms with van der Waals surface area (Å²) in [5, 5.41) is 7.96. The summed E-state index contributed by atoms with van der Waals surface area (Å²) in [6.45, 7) is 0. The second kappa shape index (κ2) is 6.63. The van der Waals surface area contributed by atoms with E-state index in [1.807, 2.05) is 24.0 Å². The van der Waals surface area contributed by atoms with E-state index < -0.39 is 0 Å². The molecule has 2 aliphatic carbocycles. The first-order chi connectivity index (χ1) is 12.1. The van der Waals surface area contributed by atoms with Gasteiger partial charge in [0.1, 0.15) is 5.82 Å².